The van der Waals surface area contributed by atoms with E-state index in [0.29, 0.717) is 11.9 Å². The van der Waals surface area contributed by atoms with Gasteiger partial charge in [0.2, 0.25) is 0 Å². The van der Waals surface area contributed by atoms with E-state index in [1.54, 1.807) is 0 Å². The lowest BCUT2D eigenvalue weighted by Gasteiger charge is -2.17. The molecular formula is C12H21N3O. The average Bonchev–Trinajstić information content (AvgIpc) is 2.71. The summed E-state index contributed by atoms with van der Waals surface area (Å²) in [5.74, 6) is 2.16. The van der Waals surface area contributed by atoms with Crippen molar-refractivity contribution in [1.82, 2.24) is 10.1 Å². The van der Waals surface area contributed by atoms with E-state index in [0.717, 1.165) is 11.7 Å². The Labute approximate surface area is 96.8 Å². The molecule has 1 N–H and O–H groups in total. The Hall–Kier alpha value is -1.06. The summed E-state index contributed by atoms with van der Waals surface area (Å²) >= 11 is 0. The molecule has 0 saturated heterocycles. The molecule has 2 atom stereocenters. The number of rotatable bonds is 2. The second-order valence-electron chi connectivity index (χ2n) is 5.95. The van der Waals surface area contributed by atoms with Gasteiger partial charge in [-0.05, 0) is 46.0 Å². The van der Waals surface area contributed by atoms with E-state index in [1.165, 1.54) is 19.3 Å². The summed E-state index contributed by atoms with van der Waals surface area (Å²) < 4.78 is 5.22. The molecule has 1 aromatic rings. The maximum Gasteiger partial charge on any atom is 0.321 e. The monoisotopic (exact) mass is 223 g/mol. The molecule has 0 amide bonds. The SMILES string of the molecule is CC1CCC(c2noc(NC(C)(C)C)n2)C1. The highest BCUT2D eigenvalue weighted by Gasteiger charge is 2.27. The summed E-state index contributed by atoms with van der Waals surface area (Å²) in [5, 5.41) is 7.26. The summed E-state index contributed by atoms with van der Waals surface area (Å²) in [4.78, 5) is 4.42. The van der Waals surface area contributed by atoms with Crippen molar-refractivity contribution in [3.63, 3.8) is 0 Å². The smallest absolute Gasteiger partial charge is 0.321 e. The molecular weight excluding hydrogens is 202 g/mol. The maximum atomic E-state index is 5.22. The lowest BCUT2D eigenvalue weighted by Crippen LogP contribution is -2.26. The zero-order valence-corrected chi connectivity index (χ0v) is 10.6. The fourth-order valence-corrected chi connectivity index (χ4v) is 2.21. The number of aromatic nitrogens is 2. The first-order valence-corrected chi connectivity index (χ1v) is 6.06. The van der Waals surface area contributed by atoms with Crippen molar-refractivity contribution < 1.29 is 4.52 Å². The first-order valence-electron chi connectivity index (χ1n) is 6.06. The zero-order valence-electron chi connectivity index (χ0n) is 10.6. The summed E-state index contributed by atoms with van der Waals surface area (Å²) in [7, 11) is 0. The minimum Gasteiger partial charge on any atom is -0.333 e. The van der Waals surface area contributed by atoms with Crippen molar-refractivity contribution >= 4 is 6.01 Å². The summed E-state index contributed by atoms with van der Waals surface area (Å²) in [6, 6.07) is 0.544. The lowest BCUT2D eigenvalue weighted by atomic mass is 10.1. The van der Waals surface area contributed by atoms with Gasteiger partial charge >= 0.3 is 6.01 Å². The average molecular weight is 223 g/mol. The van der Waals surface area contributed by atoms with Crippen LogP contribution in [0.1, 0.15) is 58.7 Å². The third-order valence-electron chi connectivity index (χ3n) is 2.98. The second kappa shape index (κ2) is 4.07. The fourth-order valence-electron chi connectivity index (χ4n) is 2.21. The zero-order chi connectivity index (χ0) is 11.8. The van der Waals surface area contributed by atoms with E-state index in [2.05, 4.69) is 43.2 Å². The van der Waals surface area contributed by atoms with Gasteiger partial charge < -0.3 is 9.84 Å². The van der Waals surface area contributed by atoms with Crippen LogP contribution in [0.2, 0.25) is 0 Å². The fraction of sp³-hybridized carbons (Fsp3) is 0.833. The minimum atomic E-state index is -0.0349. The Morgan fingerprint density at radius 3 is 2.62 bits per heavy atom. The van der Waals surface area contributed by atoms with Crippen LogP contribution in [-0.4, -0.2) is 15.7 Å². The molecule has 4 heteroatoms. The van der Waals surface area contributed by atoms with Crippen LogP contribution in [0.15, 0.2) is 4.52 Å². The van der Waals surface area contributed by atoms with E-state index in [-0.39, 0.29) is 5.54 Å². The highest BCUT2D eigenvalue weighted by Crippen LogP contribution is 2.36. The number of hydrogen-bond acceptors (Lipinski definition) is 4. The molecule has 1 aliphatic carbocycles. The number of nitrogens with one attached hydrogen (secondary N) is 1. The van der Waals surface area contributed by atoms with E-state index in [9.17, 15) is 0 Å². The van der Waals surface area contributed by atoms with Crippen LogP contribution < -0.4 is 5.32 Å². The molecule has 1 saturated carbocycles. The van der Waals surface area contributed by atoms with Crippen molar-refractivity contribution in [2.75, 3.05) is 5.32 Å². The van der Waals surface area contributed by atoms with Gasteiger partial charge in [-0.3, -0.25) is 0 Å². The van der Waals surface area contributed by atoms with Crippen LogP contribution >= 0.6 is 0 Å². The standard InChI is InChI=1S/C12H21N3O/c1-8-5-6-9(7-8)10-13-11(16-15-10)14-12(2,3)4/h8-9H,5-7H2,1-4H3,(H,13,14,15). The molecule has 0 aromatic carbocycles. The van der Waals surface area contributed by atoms with Gasteiger partial charge in [-0.2, -0.15) is 4.98 Å². The van der Waals surface area contributed by atoms with Crippen molar-refractivity contribution in [2.45, 2.75) is 58.4 Å². The quantitative estimate of drug-likeness (QED) is 0.836. The van der Waals surface area contributed by atoms with E-state index in [1.807, 2.05) is 0 Å². The Kier molecular flexibility index (Phi) is 2.91. The molecule has 90 valence electrons. The summed E-state index contributed by atoms with van der Waals surface area (Å²) in [6.07, 6.45) is 3.66. The molecule has 1 aromatic heterocycles. The molecule has 0 bridgehead atoms. The predicted molar refractivity (Wildman–Crippen MR) is 63.4 cm³/mol. The van der Waals surface area contributed by atoms with E-state index in [4.69, 9.17) is 4.52 Å². The van der Waals surface area contributed by atoms with Crippen LogP contribution in [0.4, 0.5) is 6.01 Å². The van der Waals surface area contributed by atoms with Gasteiger partial charge in [-0.1, -0.05) is 12.1 Å². The van der Waals surface area contributed by atoms with Crippen LogP contribution in [0.3, 0.4) is 0 Å². The van der Waals surface area contributed by atoms with Gasteiger partial charge in [0.05, 0.1) is 0 Å². The van der Waals surface area contributed by atoms with Crippen LogP contribution in [0, 0.1) is 5.92 Å². The first-order chi connectivity index (χ1) is 7.44. The molecule has 1 fully saturated rings. The Morgan fingerprint density at radius 2 is 2.06 bits per heavy atom. The third-order valence-corrected chi connectivity index (χ3v) is 2.98. The first kappa shape index (κ1) is 11.4. The van der Waals surface area contributed by atoms with Crippen molar-refractivity contribution in [2.24, 2.45) is 5.92 Å². The molecule has 0 aliphatic heterocycles. The predicted octanol–water partition coefficient (Wildman–Crippen LogP) is 3.18. The van der Waals surface area contributed by atoms with Crippen LogP contribution in [0.5, 0.6) is 0 Å². The molecule has 0 radical (unpaired) electrons. The molecule has 2 rings (SSSR count). The normalized spacial score (nSPS) is 26.0. The van der Waals surface area contributed by atoms with Gasteiger partial charge in [0.1, 0.15) is 0 Å². The number of hydrogen-bond donors (Lipinski definition) is 1. The molecule has 4 nitrogen and oxygen atoms in total. The molecule has 0 spiro atoms. The Bertz CT molecular complexity index is 353. The van der Waals surface area contributed by atoms with E-state index < -0.39 is 0 Å². The van der Waals surface area contributed by atoms with Crippen molar-refractivity contribution in [3.05, 3.63) is 5.82 Å². The molecule has 1 heterocycles. The maximum absolute atomic E-state index is 5.22. The van der Waals surface area contributed by atoms with Crippen LogP contribution in [0.25, 0.3) is 0 Å². The summed E-state index contributed by atoms with van der Waals surface area (Å²) in [5.41, 5.74) is -0.0349. The van der Waals surface area contributed by atoms with Gasteiger partial charge in [-0.25, -0.2) is 0 Å². The molecule has 1 aliphatic rings. The second-order valence-corrected chi connectivity index (χ2v) is 5.95. The molecule has 16 heavy (non-hydrogen) atoms. The van der Waals surface area contributed by atoms with Gasteiger partial charge in [-0.15, -0.1) is 0 Å². The topological polar surface area (TPSA) is 51.0 Å². The minimum absolute atomic E-state index is 0.0349. The largest absolute Gasteiger partial charge is 0.333 e. The summed E-state index contributed by atoms with van der Waals surface area (Å²) in [6.45, 7) is 8.52. The van der Waals surface area contributed by atoms with Crippen LogP contribution in [-0.2, 0) is 0 Å². The Morgan fingerprint density at radius 1 is 1.31 bits per heavy atom. The lowest BCUT2D eigenvalue weighted by molar-refractivity contribution is 0.406. The number of nitrogens with zero attached hydrogens (tertiary/aromatic N) is 2. The van der Waals surface area contributed by atoms with E-state index >= 15 is 0 Å². The number of anilines is 1. The van der Waals surface area contributed by atoms with Crippen molar-refractivity contribution in [1.29, 1.82) is 0 Å². The highest BCUT2D eigenvalue weighted by atomic mass is 16.5. The van der Waals surface area contributed by atoms with Crippen molar-refractivity contribution in [3.8, 4) is 0 Å². The van der Waals surface area contributed by atoms with Gasteiger partial charge in [0.25, 0.3) is 0 Å². The highest BCUT2D eigenvalue weighted by molar-refractivity contribution is 5.23. The van der Waals surface area contributed by atoms with Gasteiger partial charge in [0.15, 0.2) is 5.82 Å². The van der Waals surface area contributed by atoms with Gasteiger partial charge in [0, 0.05) is 11.5 Å². The molecule has 2 unspecified atom stereocenters. The third kappa shape index (κ3) is 2.74. The Balaban J connectivity index is 2.02.